The van der Waals surface area contributed by atoms with Gasteiger partial charge in [-0.3, -0.25) is 20.2 Å². The Bertz CT molecular complexity index is 707. The van der Waals surface area contributed by atoms with E-state index < -0.39 is 21.9 Å². The van der Waals surface area contributed by atoms with Gasteiger partial charge in [0.2, 0.25) is 0 Å². The molecular formula is C14H10N4O6. The quantitative estimate of drug-likeness (QED) is 0.428. The number of nitroso groups, excluding NO2 is 2. The minimum Gasteiger partial charge on any atom is -0.258 e. The highest BCUT2D eigenvalue weighted by Crippen LogP contribution is 2.36. The molecule has 0 aliphatic carbocycles. The second-order valence-electron chi connectivity index (χ2n) is 4.80. The van der Waals surface area contributed by atoms with Crippen LogP contribution in [0.4, 0.5) is 11.4 Å². The largest absolute Gasteiger partial charge is 0.269 e. The third-order valence-corrected chi connectivity index (χ3v) is 3.42. The molecule has 0 heterocycles. The molecule has 10 heteroatoms. The van der Waals surface area contributed by atoms with E-state index in [-0.39, 0.29) is 22.5 Å². The Morgan fingerprint density at radius 2 is 0.958 bits per heavy atom. The van der Waals surface area contributed by atoms with Crippen LogP contribution in [-0.2, 0) is 0 Å². The van der Waals surface area contributed by atoms with Crippen LogP contribution < -0.4 is 0 Å². The van der Waals surface area contributed by atoms with Gasteiger partial charge in [-0.1, -0.05) is 10.4 Å². The Balaban J connectivity index is 2.35. The first-order chi connectivity index (χ1) is 11.5. The monoisotopic (exact) mass is 330 g/mol. The predicted octanol–water partition coefficient (Wildman–Crippen LogP) is 3.82. The lowest BCUT2D eigenvalue weighted by Crippen LogP contribution is -2.07. The molecule has 0 bridgehead atoms. The van der Waals surface area contributed by atoms with Gasteiger partial charge >= 0.3 is 0 Å². The molecule has 0 aliphatic heterocycles. The first-order valence-corrected chi connectivity index (χ1v) is 6.61. The minimum absolute atomic E-state index is 0.172. The van der Waals surface area contributed by atoms with Crippen LogP contribution in [0.15, 0.2) is 58.9 Å². The fourth-order valence-electron chi connectivity index (χ4n) is 2.19. The van der Waals surface area contributed by atoms with Gasteiger partial charge in [0, 0.05) is 24.3 Å². The Labute approximate surface area is 134 Å². The fourth-order valence-corrected chi connectivity index (χ4v) is 2.19. The number of hydrogen-bond acceptors (Lipinski definition) is 8. The maximum absolute atomic E-state index is 11.2. The fraction of sp³-hybridized carbons (Fsp3) is 0.143. The summed E-state index contributed by atoms with van der Waals surface area (Å²) in [7, 11) is 0. The van der Waals surface area contributed by atoms with Crippen molar-refractivity contribution in [1.29, 1.82) is 0 Å². The predicted molar refractivity (Wildman–Crippen MR) is 83.3 cm³/mol. The molecule has 2 aromatic carbocycles. The van der Waals surface area contributed by atoms with Gasteiger partial charge in [0.1, 0.15) is 12.1 Å². The maximum atomic E-state index is 11.2. The lowest BCUT2D eigenvalue weighted by molar-refractivity contribution is -0.385. The van der Waals surface area contributed by atoms with Gasteiger partial charge in [-0.15, -0.1) is 0 Å². The summed E-state index contributed by atoms with van der Waals surface area (Å²) < 4.78 is 0. The molecule has 0 saturated heterocycles. The van der Waals surface area contributed by atoms with Crippen LogP contribution in [0, 0.1) is 30.0 Å². The first-order valence-electron chi connectivity index (χ1n) is 6.61. The maximum Gasteiger partial charge on any atom is 0.269 e. The van der Waals surface area contributed by atoms with Crippen molar-refractivity contribution in [2.24, 2.45) is 10.4 Å². The lowest BCUT2D eigenvalue weighted by atomic mass is 9.94. The Hall–Kier alpha value is -3.56. The summed E-state index contributed by atoms with van der Waals surface area (Å²) >= 11 is 0. The summed E-state index contributed by atoms with van der Waals surface area (Å²) in [6.07, 6.45) is 0. The lowest BCUT2D eigenvalue weighted by Gasteiger charge is -2.15. The van der Waals surface area contributed by atoms with E-state index in [2.05, 4.69) is 10.4 Å². The second kappa shape index (κ2) is 7.13. The Morgan fingerprint density at radius 1 is 0.667 bits per heavy atom. The first kappa shape index (κ1) is 16.8. The van der Waals surface area contributed by atoms with E-state index in [0.29, 0.717) is 0 Å². The van der Waals surface area contributed by atoms with Crippen molar-refractivity contribution < 1.29 is 9.85 Å². The number of nitro groups is 2. The highest BCUT2D eigenvalue weighted by molar-refractivity contribution is 5.38. The van der Waals surface area contributed by atoms with Crippen molar-refractivity contribution in [1.82, 2.24) is 0 Å². The molecule has 0 N–H and O–H groups in total. The number of nitro benzene ring substituents is 2. The van der Waals surface area contributed by atoms with Crippen molar-refractivity contribution in [2.45, 2.75) is 12.1 Å². The molecule has 24 heavy (non-hydrogen) atoms. The van der Waals surface area contributed by atoms with Crippen LogP contribution >= 0.6 is 0 Å². The summed E-state index contributed by atoms with van der Waals surface area (Å²) in [4.78, 5) is 42.5. The summed E-state index contributed by atoms with van der Waals surface area (Å²) in [5.74, 6) is 0. The van der Waals surface area contributed by atoms with Gasteiger partial charge in [0.25, 0.3) is 11.4 Å². The molecule has 122 valence electrons. The Kier molecular flexibility index (Phi) is 5.00. The smallest absolute Gasteiger partial charge is 0.258 e. The molecule has 0 spiro atoms. The second-order valence-corrected chi connectivity index (χ2v) is 4.80. The van der Waals surface area contributed by atoms with Crippen LogP contribution in [0.1, 0.15) is 23.2 Å². The molecule has 0 aromatic heterocycles. The zero-order valence-electron chi connectivity index (χ0n) is 12.0. The number of nitrogens with zero attached hydrogens (tertiary/aromatic N) is 4. The minimum atomic E-state index is -1.20. The molecule has 2 aromatic rings. The zero-order chi connectivity index (χ0) is 17.7. The van der Waals surface area contributed by atoms with Gasteiger partial charge in [-0.2, -0.15) is 9.81 Å². The van der Waals surface area contributed by atoms with Gasteiger partial charge in [-0.25, -0.2) is 0 Å². The van der Waals surface area contributed by atoms with Crippen molar-refractivity contribution in [3.8, 4) is 0 Å². The van der Waals surface area contributed by atoms with E-state index in [0.717, 1.165) is 0 Å². The van der Waals surface area contributed by atoms with Gasteiger partial charge < -0.3 is 0 Å². The molecule has 0 aliphatic rings. The normalized spacial score (nSPS) is 12.8. The third-order valence-electron chi connectivity index (χ3n) is 3.42. The average Bonchev–Trinajstić information content (AvgIpc) is 2.59. The SMILES string of the molecule is O=NC(c1ccc([N+](=O)[O-])cc1)C(N=O)c1ccc([N+](=O)[O-])cc1. The number of benzene rings is 2. The van der Waals surface area contributed by atoms with Gasteiger partial charge in [0.15, 0.2) is 0 Å². The topological polar surface area (TPSA) is 145 Å². The van der Waals surface area contributed by atoms with E-state index in [1.54, 1.807) is 0 Å². The van der Waals surface area contributed by atoms with E-state index >= 15 is 0 Å². The molecular weight excluding hydrogens is 320 g/mol. The van der Waals surface area contributed by atoms with Crippen LogP contribution in [0.5, 0.6) is 0 Å². The number of rotatable bonds is 7. The van der Waals surface area contributed by atoms with Crippen molar-refractivity contribution >= 4 is 11.4 Å². The molecule has 0 fully saturated rings. The van der Waals surface area contributed by atoms with Gasteiger partial charge in [-0.05, 0) is 35.4 Å². The average molecular weight is 330 g/mol. The zero-order valence-corrected chi connectivity index (χ0v) is 12.0. The van der Waals surface area contributed by atoms with Crippen LogP contribution in [0.2, 0.25) is 0 Å². The third kappa shape index (κ3) is 3.43. The molecule has 2 unspecified atom stereocenters. The molecule has 2 rings (SSSR count). The van der Waals surface area contributed by atoms with Crippen molar-refractivity contribution in [3.05, 3.63) is 89.7 Å². The van der Waals surface area contributed by atoms with Crippen LogP contribution in [0.25, 0.3) is 0 Å². The standard InChI is InChI=1S/C14H10N4O6/c19-15-13(9-1-5-11(6-2-9)17(21)22)14(16-20)10-3-7-12(8-4-10)18(23)24/h1-8,13-14H. The van der Waals surface area contributed by atoms with E-state index in [1.807, 2.05) is 0 Å². The number of non-ortho nitro benzene ring substituents is 2. The van der Waals surface area contributed by atoms with Crippen LogP contribution in [0.3, 0.4) is 0 Å². The van der Waals surface area contributed by atoms with Gasteiger partial charge in [0.05, 0.1) is 9.85 Å². The van der Waals surface area contributed by atoms with Crippen molar-refractivity contribution in [2.75, 3.05) is 0 Å². The van der Waals surface area contributed by atoms with Crippen LogP contribution in [-0.4, -0.2) is 9.85 Å². The summed E-state index contributed by atoms with van der Waals surface area (Å²) in [6, 6.07) is 7.59. The number of hydrogen-bond donors (Lipinski definition) is 0. The van der Waals surface area contributed by atoms with E-state index in [1.165, 1.54) is 48.5 Å². The molecule has 0 radical (unpaired) electrons. The molecule has 0 amide bonds. The highest BCUT2D eigenvalue weighted by atomic mass is 16.6. The summed E-state index contributed by atoms with van der Waals surface area (Å²) in [6.45, 7) is 0. The van der Waals surface area contributed by atoms with E-state index in [9.17, 15) is 30.0 Å². The summed E-state index contributed by atoms with van der Waals surface area (Å²) in [5.41, 5.74) is 0.209. The van der Waals surface area contributed by atoms with Crippen molar-refractivity contribution in [3.63, 3.8) is 0 Å². The molecule has 2 atom stereocenters. The highest BCUT2D eigenvalue weighted by Gasteiger charge is 2.28. The summed E-state index contributed by atoms with van der Waals surface area (Å²) in [5, 5.41) is 27.1. The van der Waals surface area contributed by atoms with E-state index in [4.69, 9.17) is 0 Å². The Morgan fingerprint density at radius 3 is 1.17 bits per heavy atom. The molecule has 10 nitrogen and oxygen atoms in total. The molecule has 0 saturated carbocycles.